The number of hydrogen-bond donors (Lipinski definition) is 2. The molecule has 0 aliphatic carbocycles. The Labute approximate surface area is 203 Å². The first-order valence-corrected chi connectivity index (χ1v) is 11.1. The third-order valence-electron chi connectivity index (χ3n) is 4.94. The third-order valence-corrected chi connectivity index (χ3v) is 4.94. The van der Waals surface area contributed by atoms with Crippen LogP contribution in [0.1, 0.15) is 31.8 Å². The van der Waals surface area contributed by atoms with Gasteiger partial charge in [-0.25, -0.2) is 0 Å². The number of amides is 2. The quantitative estimate of drug-likeness (QED) is 0.246. The van der Waals surface area contributed by atoms with Crippen molar-refractivity contribution < 1.29 is 24.0 Å². The highest BCUT2D eigenvalue weighted by Gasteiger charge is 2.18. The highest BCUT2D eigenvalue weighted by molar-refractivity contribution is 6.00. The van der Waals surface area contributed by atoms with E-state index in [2.05, 4.69) is 10.6 Å². The fourth-order valence-electron chi connectivity index (χ4n) is 3.26. The molecule has 9 nitrogen and oxygen atoms in total. The van der Waals surface area contributed by atoms with Crippen LogP contribution in [0.4, 0.5) is 5.69 Å². The lowest BCUT2D eigenvalue weighted by Gasteiger charge is -2.10. The van der Waals surface area contributed by atoms with Gasteiger partial charge in [0.1, 0.15) is 24.7 Å². The fourth-order valence-corrected chi connectivity index (χ4v) is 3.26. The number of nitrogens with zero attached hydrogens (tertiary/aromatic N) is 1. The molecule has 0 heterocycles. The van der Waals surface area contributed by atoms with Crippen LogP contribution >= 0.6 is 0 Å². The molecule has 0 radical (unpaired) electrons. The highest BCUT2D eigenvalue weighted by atomic mass is 16.6. The number of nitrogens with one attached hydrogen (secondary N) is 2. The van der Waals surface area contributed by atoms with Gasteiger partial charge in [-0.1, -0.05) is 24.3 Å². The summed E-state index contributed by atoms with van der Waals surface area (Å²) in [5, 5.41) is 16.6. The van der Waals surface area contributed by atoms with Crippen LogP contribution in [0, 0.1) is 24.0 Å². The molecule has 3 aromatic rings. The summed E-state index contributed by atoms with van der Waals surface area (Å²) in [5.41, 5.74) is 1.77. The Morgan fingerprint density at radius 1 is 0.771 bits per heavy atom. The van der Waals surface area contributed by atoms with Gasteiger partial charge in [0.15, 0.2) is 0 Å². The summed E-state index contributed by atoms with van der Waals surface area (Å²) in [6, 6.07) is 18.6. The van der Waals surface area contributed by atoms with Crippen LogP contribution in [0.5, 0.6) is 11.5 Å². The molecule has 0 aromatic heterocycles. The standard InChI is InChI=1S/C26H27N3O6/c1-18-5-3-7-23(13-18)34-11-9-27-25(30)20-15-21(17-22(16-20)29(32)33)26(31)28-10-12-35-24-8-4-6-19(2)14-24/h3-8,13-17H,9-12H2,1-2H3,(H,27,30)(H,28,31). The normalized spacial score (nSPS) is 10.3. The van der Waals surface area contributed by atoms with Crippen molar-refractivity contribution in [2.75, 3.05) is 26.3 Å². The number of ether oxygens (including phenoxy) is 2. The summed E-state index contributed by atoms with van der Waals surface area (Å²) in [4.78, 5) is 35.8. The lowest BCUT2D eigenvalue weighted by molar-refractivity contribution is -0.384. The van der Waals surface area contributed by atoms with E-state index in [4.69, 9.17) is 9.47 Å². The summed E-state index contributed by atoms with van der Waals surface area (Å²) < 4.78 is 11.2. The zero-order chi connectivity index (χ0) is 25.2. The first kappa shape index (κ1) is 25.2. The average molecular weight is 478 g/mol. The summed E-state index contributed by atoms with van der Waals surface area (Å²) in [5.74, 6) is 0.275. The molecular formula is C26H27N3O6. The molecule has 2 N–H and O–H groups in total. The predicted octanol–water partition coefficient (Wildman–Crippen LogP) is 3.83. The first-order valence-electron chi connectivity index (χ1n) is 11.1. The molecule has 0 atom stereocenters. The van der Waals surface area contributed by atoms with Crippen molar-refractivity contribution in [1.82, 2.24) is 10.6 Å². The van der Waals surface area contributed by atoms with E-state index in [-0.39, 0.29) is 43.1 Å². The molecule has 182 valence electrons. The summed E-state index contributed by atoms with van der Waals surface area (Å²) in [6.07, 6.45) is 0. The lowest BCUT2D eigenvalue weighted by atomic mass is 10.1. The number of carbonyl (C=O) groups excluding carboxylic acids is 2. The Hall–Kier alpha value is -4.40. The molecule has 3 aromatic carbocycles. The van der Waals surface area contributed by atoms with Crippen molar-refractivity contribution in [1.29, 1.82) is 0 Å². The van der Waals surface area contributed by atoms with Gasteiger partial charge in [0.25, 0.3) is 17.5 Å². The van der Waals surface area contributed by atoms with Crippen LogP contribution in [-0.4, -0.2) is 43.0 Å². The van der Waals surface area contributed by atoms with E-state index in [1.54, 1.807) is 0 Å². The van der Waals surface area contributed by atoms with E-state index in [1.807, 2.05) is 62.4 Å². The van der Waals surface area contributed by atoms with E-state index in [0.717, 1.165) is 23.3 Å². The summed E-state index contributed by atoms with van der Waals surface area (Å²) >= 11 is 0. The van der Waals surface area contributed by atoms with Crippen LogP contribution in [0.15, 0.2) is 66.7 Å². The lowest BCUT2D eigenvalue weighted by Crippen LogP contribution is -2.30. The van der Waals surface area contributed by atoms with Gasteiger partial charge in [0.2, 0.25) is 0 Å². The first-order chi connectivity index (χ1) is 16.8. The molecule has 0 fully saturated rings. The average Bonchev–Trinajstić information content (AvgIpc) is 2.84. The van der Waals surface area contributed by atoms with Crippen molar-refractivity contribution in [3.8, 4) is 11.5 Å². The van der Waals surface area contributed by atoms with Gasteiger partial charge in [-0.05, 0) is 55.3 Å². The van der Waals surface area contributed by atoms with Crippen molar-refractivity contribution in [2.24, 2.45) is 0 Å². The maximum Gasteiger partial charge on any atom is 0.271 e. The molecule has 35 heavy (non-hydrogen) atoms. The number of benzene rings is 3. The van der Waals surface area contributed by atoms with Crippen LogP contribution in [0.25, 0.3) is 0 Å². The Morgan fingerprint density at radius 2 is 1.23 bits per heavy atom. The van der Waals surface area contributed by atoms with Crippen LogP contribution in [-0.2, 0) is 0 Å². The van der Waals surface area contributed by atoms with E-state index < -0.39 is 16.7 Å². The van der Waals surface area contributed by atoms with Crippen molar-refractivity contribution in [3.05, 3.63) is 99.1 Å². The minimum Gasteiger partial charge on any atom is -0.492 e. The minimum absolute atomic E-state index is 0.0101. The smallest absolute Gasteiger partial charge is 0.271 e. The molecule has 0 spiro atoms. The van der Waals surface area contributed by atoms with Gasteiger partial charge in [-0.15, -0.1) is 0 Å². The predicted molar refractivity (Wildman–Crippen MR) is 131 cm³/mol. The van der Waals surface area contributed by atoms with E-state index >= 15 is 0 Å². The summed E-state index contributed by atoms with van der Waals surface area (Å²) in [7, 11) is 0. The molecule has 0 saturated carbocycles. The van der Waals surface area contributed by atoms with E-state index in [9.17, 15) is 19.7 Å². The molecule has 0 unspecified atom stereocenters. The van der Waals surface area contributed by atoms with E-state index in [0.29, 0.717) is 11.5 Å². The van der Waals surface area contributed by atoms with Gasteiger partial charge in [0.05, 0.1) is 18.0 Å². The number of non-ortho nitro benzene ring substituents is 1. The third kappa shape index (κ3) is 7.85. The van der Waals surface area contributed by atoms with Gasteiger partial charge in [0, 0.05) is 23.3 Å². The maximum absolute atomic E-state index is 12.6. The SMILES string of the molecule is Cc1cccc(OCCNC(=O)c2cc(C(=O)NCCOc3cccc(C)c3)cc([N+](=O)[O-])c2)c1. The number of nitro benzene ring substituents is 1. The van der Waals surface area contributed by atoms with Gasteiger partial charge in [-0.3, -0.25) is 19.7 Å². The fraction of sp³-hybridized carbons (Fsp3) is 0.231. The summed E-state index contributed by atoms with van der Waals surface area (Å²) in [6.45, 7) is 4.71. The monoisotopic (exact) mass is 477 g/mol. The Kier molecular flexibility index (Phi) is 8.77. The molecule has 9 heteroatoms. The van der Waals surface area contributed by atoms with Crippen molar-refractivity contribution in [3.63, 3.8) is 0 Å². The zero-order valence-electron chi connectivity index (χ0n) is 19.6. The van der Waals surface area contributed by atoms with Gasteiger partial charge in [-0.2, -0.15) is 0 Å². The molecule has 0 aliphatic rings. The van der Waals surface area contributed by atoms with Crippen molar-refractivity contribution >= 4 is 17.5 Å². The van der Waals surface area contributed by atoms with Crippen LogP contribution < -0.4 is 20.1 Å². The molecule has 3 rings (SSSR count). The minimum atomic E-state index is -0.644. The zero-order valence-corrected chi connectivity index (χ0v) is 19.6. The van der Waals surface area contributed by atoms with Crippen LogP contribution in [0.2, 0.25) is 0 Å². The Balaban J connectivity index is 1.55. The maximum atomic E-state index is 12.6. The second-order valence-corrected chi connectivity index (χ2v) is 7.87. The van der Waals surface area contributed by atoms with Gasteiger partial charge >= 0.3 is 0 Å². The second kappa shape index (κ2) is 12.2. The number of hydrogen-bond acceptors (Lipinski definition) is 6. The second-order valence-electron chi connectivity index (χ2n) is 7.87. The molecule has 2 amide bonds. The number of nitro groups is 1. The van der Waals surface area contributed by atoms with Gasteiger partial charge < -0.3 is 20.1 Å². The Bertz CT molecular complexity index is 1130. The van der Waals surface area contributed by atoms with Crippen molar-refractivity contribution in [2.45, 2.75) is 13.8 Å². The number of carbonyl (C=O) groups is 2. The van der Waals surface area contributed by atoms with Crippen LogP contribution in [0.3, 0.4) is 0 Å². The Morgan fingerprint density at radius 3 is 1.63 bits per heavy atom. The van der Waals surface area contributed by atoms with E-state index in [1.165, 1.54) is 6.07 Å². The molecule has 0 saturated heterocycles. The number of aryl methyl sites for hydroxylation is 2. The largest absolute Gasteiger partial charge is 0.492 e. The number of rotatable bonds is 11. The highest BCUT2D eigenvalue weighted by Crippen LogP contribution is 2.18. The topological polar surface area (TPSA) is 120 Å². The molecular weight excluding hydrogens is 450 g/mol. The molecule has 0 aliphatic heterocycles. The molecule has 0 bridgehead atoms.